The summed E-state index contributed by atoms with van der Waals surface area (Å²) in [5.74, 6) is 2.39. The number of nitrogens with zero attached hydrogens (tertiary/aromatic N) is 1. The van der Waals surface area contributed by atoms with Crippen molar-refractivity contribution in [1.82, 2.24) is 4.90 Å². The van der Waals surface area contributed by atoms with E-state index < -0.39 is 0 Å². The Bertz CT molecular complexity index is 238. The standard InChI is InChI=1S/C11H17N/c1-5-12-7-10-6-11(12,8(2)3)9(10)4/h1,8-10H,6-7H2,2-4H3/t9-,10+,11-/m0/s1. The van der Waals surface area contributed by atoms with Gasteiger partial charge in [0, 0.05) is 12.6 Å². The van der Waals surface area contributed by atoms with Crippen molar-refractivity contribution >= 4 is 0 Å². The van der Waals surface area contributed by atoms with Crippen LogP contribution < -0.4 is 0 Å². The lowest BCUT2D eigenvalue weighted by Gasteiger charge is -2.50. The predicted molar refractivity (Wildman–Crippen MR) is 50.4 cm³/mol. The topological polar surface area (TPSA) is 3.24 Å². The third kappa shape index (κ3) is 0.625. The van der Waals surface area contributed by atoms with Crippen molar-refractivity contribution in [3.8, 4) is 12.5 Å². The molecule has 3 fully saturated rings. The zero-order chi connectivity index (χ0) is 8.93. The molecule has 2 saturated heterocycles. The lowest BCUT2D eigenvalue weighted by molar-refractivity contribution is 0.0238. The highest BCUT2D eigenvalue weighted by molar-refractivity contribution is 5.20. The molecule has 3 aliphatic rings. The fourth-order valence-corrected chi connectivity index (χ4v) is 3.26. The Hall–Kier alpha value is -0.640. The molecule has 0 aromatic rings. The molecular formula is C11H17N. The van der Waals surface area contributed by atoms with E-state index in [0.717, 1.165) is 18.4 Å². The Morgan fingerprint density at radius 1 is 1.58 bits per heavy atom. The third-order valence-electron chi connectivity index (χ3n) is 4.16. The second-order valence-corrected chi connectivity index (χ2v) is 4.64. The summed E-state index contributed by atoms with van der Waals surface area (Å²) in [6, 6.07) is 2.84. The Balaban J connectivity index is 2.29. The highest BCUT2D eigenvalue weighted by atomic mass is 15.3. The molecule has 0 amide bonds. The van der Waals surface area contributed by atoms with Crippen LogP contribution in [0.3, 0.4) is 0 Å². The summed E-state index contributed by atoms with van der Waals surface area (Å²) in [6.07, 6.45) is 6.84. The molecule has 3 atom stereocenters. The van der Waals surface area contributed by atoms with Crippen LogP contribution in [0.25, 0.3) is 0 Å². The minimum Gasteiger partial charge on any atom is -0.326 e. The minimum atomic E-state index is 0.361. The Kier molecular flexibility index (Phi) is 1.46. The summed E-state index contributed by atoms with van der Waals surface area (Å²) >= 11 is 0. The normalized spacial score (nSPS) is 44.4. The zero-order valence-electron chi connectivity index (χ0n) is 8.17. The SMILES string of the molecule is C#CN1C[C@H]2C[C@]1(C(C)C)[C@H]2C. The average molecular weight is 163 g/mol. The van der Waals surface area contributed by atoms with Gasteiger partial charge in [0.25, 0.3) is 0 Å². The van der Waals surface area contributed by atoms with E-state index in [2.05, 4.69) is 31.7 Å². The molecule has 0 radical (unpaired) electrons. The van der Waals surface area contributed by atoms with Crippen molar-refractivity contribution in [3.63, 3.8) is 0 Å². The smallest absolute Gasteiger partial charge is 0.0535 e. The molecule has 0 unspecified atom stereocenters. The number of hydrogen-bond donors (Lipinski definition) is 0. The molecule has 3 rings (SSSR count). The summed E-state index contributed by atoms with van der Waals surface area (Å²) in [5.41, 5.74) is 0.361. The lowest BCUT2D eigenvalue weighted by atomic mass is 9.59. The van der Waals surface area contributed by atoms with Gasteiger partial charge in [-0.3, -0.25) is 0 Å². The molecule has 0 aromatic heterocycles. The fourth-order valence-electron chi connectivity index (χ4n) is 3.26. The van der Waals surface area contributed by atoms with Crippen molar-refractivity contribution < 1.29 is 0 Å². The highest BCUT2D eigenvalue weighted by Gasteiger charge is 2.62. The second kappa shape index (κ2) is 2.19. The molecule has 2 heterocycles. The van der Waals surface area contributed by atoms with Crippen LogP contribution in [0.15, 0.2) is 0 Å². The molecule has 12 heavy (non-hydrogen) atoms. The number of fused-ring (bicyclic) bond motifs is 1. The molecule has 0 spiro atoms. The molecular weight excluding hydrogens is 146 g/mol. The average Bonchev–Trinajstić information content (AvgIpc) is 2.54. The van der Waals surface area contributed by atoms with Gasteiger partial charge in [0.05, 0.1) is 5.54 Å². The molecule has 1 aliphatic carbocycles. The lowest BCUT2D eigenvalue weighted by Crippen LogP contribution is -2.55. The first-order valence-electron chi connectivity index (χ1n) is 4.86. The van der Waals surface area contributed by atoms with Gasteiger partial charge in [0.1, 0.15) is 0 Å². The van der Waals surface area contributed by atoms with Gasteiger partial charge in [-0.2, -0.15) is 0 Å². The fraction of sp³-hybridized carbons (Fsp3) is 0.818. The molecule has 0 aromatic carbocycles. The summed E-state index contributed by atoms with van der Waals surface area (Å²) in [7, 11) is 0. The van der Waals surface area contributed by atoms with Crippen molar-refractivity contribution in [1.29, 1.82) is 0 Å². The van der Waals surface area contributed by atoms with Gasteiger partial charge < -0.3 is 4.90 Å². The summed E-state index contributed by atoms with van der Waals surface area (Å²) in [5, 5.41) is 0. The monoisotopic (exact) mass is 163 g/mol. The van der Waals surface area contributed by atoms with Gasteiger partial charge in [-0.05, 0) is 24.2 Å². The van der Waals surface area contributed by atoms with Crippen LogP contribution in [0.5, 0.6) is 0 Å². The number of rotatable bonds is 1. The summed E-state index contributed by atoms with van der Waals surface area (Å²) < 4.78 is 0. The largest absolute Gasteiger partial charge is 0.326 e. The Morgan fingerprint density at radius 3 is 2.58 bits per heavy atom. The minimum absolute atomic E-state index is 0.361. The van der Waals surface area contributed by atoms with E-state index in [1.807, 2.05) is 0 Å². The molecule has 2 aliphatic heterocycles. The van der Waals surface area contributed by atoms with Crippen LogP contribution in [0.1, 0.15) is 27.2 Å². The van der Waals surface area contributed by atoms with E-state index in [1.165, 1.54) is 6.42 Å². The van der Waals surface area contributed by atoms with Crippen LogP contribution in [0.4, 0.5) is 0 Å². The van der Waals surface area contributed by atoms with Gasteiger partial charge in [0.15, 0.2) is 0 Å². The maximum atomic E-state index is 5.51. The van der Waals surface area contributed by atoms with E-state index in [-0.39, 0.29) is 0 Å². The van der Waals surface area contributed by atoms with Crippen LogP contribution in [0.2, 0.25) is 0 Å². The van der Waals surface area contributed by atoms with Crippen molar-refractivity contribution in [2.24, 2.45) is 17.8 Å². The number of terminal acetylenes is 1. The summed E-state index contributed by atoms with van der Waals surface area (Å²) in [4.78, 5) is 2.24. The van der Waals surface area contributed by atoms with E-state index in [9.17, 15) is 0 Å². The first-order chi connectivity index (χ1) is 5.63. The van der Waals surface area contributed by atoms with E-state index >= 15 is 0 Å². The Morgan fingerprint density at radius 2 is 2.25 bits per heavy atom. The van der Waals surface area contributed by atoms with Gasteiger partial charge in [-0.25, -0.2) is 0 Å². The van der Waals surface area contributed by atoms with Crippen molar-refractivity contribution in [2.75, 3.05) is 6.54 Å². The zero-order valence-corrected chi connectivity index (χ0v) is 8.17. The molecule has 1 heteroatoms. The van der Waals surface area contributed by atoms with Crippen molar-refractivity contribution in [3.05, 3.63) is 0 Å². The first-order valence-corrected chi connectivity index (χ1v) is 4.86. The van der Waals surface area contributed by atoms with E-state index in [0.29, 0.717) is 11.5 Å². The maximum absolute atomic E-state index is 5.51. The van der Waals surface area contributed by atoms with Gasteiger partial charge in [-0.1, -0.05) is 27.2 Å². The van der Waals surface area contributed by atoms with Gasteiger partial charge in [-0.15, -0.1) is 0 Å². The molecule has 2 bridgehead atoms. The maximum Gasteiger partial charge on any atom is 0.0535 e. The first kappa shape index (κ1) is 7.98. The van der Waals surface area contributed by atoms with Crippen LogP contribution in [-0.4, -0.2) is 17.0 Å². The third-order valence-corrected chi connectivity index (χ3v) is 4.16. The van der Waals surface area contributed by atoms with Gasteiger partial charge in [0.2, 0.25) is 0 Å². The second-order valence-electron chi connectivity index (χ2n) is 4.64. The van der Waals surface area contributed by atoms with Gasteiger partial charge >= 0.3 is 0 Å². The van der Waals surface area contributed by atoms with Crippen LogP contribution in [0, 0.1) is 30.2 Å². The molecule has 1 nitrogen and oxygen atoms in total. The highest BCUT2D eigenvalue weighted by Crippen LogP contribution is 2.58. The van der Waals surface area contributed by atoms with Crippen molar-refractivity contribution in [2.45, 2.75) is 32.7 Å². The van der Waals surface area contributed by atoms with Crippen LogP contribution in [-0.2, 0) is 0 Å². The van der Waals surface area contributed by atoms with E-state index in [4.69, 9.17) is 6.42 Å². The molecule has 66 valence electrons. The Labute approximate surface area is 75.1 Å². The quantitative estimate of drug-likeness (QED) is 0.534. The van der Waals surface area contributed by atoms with Crippen LogP contribution >= 0.6 is 0 Å². The number of hydrogen-bond acceptors (Lipinski definition) is 1. The molecule has 1 saturated carbocycles. The summed E-state index contributed by atoms with van der Waals surface area (Å²) in [6.45, 7) is 8.08. The molecule has 0 N–H and O–H groups in total. The predicted octanol–water partition coefficient (Wildman–Crippen LogP) is 1.94. The van der Waals surface area contributed by atoms with E-state index in [1.54, 1.807) is 0 Å².